The fourth-order valence-electron chi connectivity index (χ4n) is 2.65. The summed E-state index contributed by atoms with van der Waals surface area (Å²) in [7, 11) is 1.60. The summed E-state index contributed by atoms with van der Waals surface area (Å²) < 4.78 is 19.2. The molecule has 0 radical (unpaired) electrons. The number of halogens is 1. The van der Waals surface area contributed by atoms with Gasteiger partial charge in [0.15, 0.2) is 6.61 Å². The molecule has 2 aromatic carbocycles. The lowest BCUT2D eigenvalue weighted by molar-refractivity contribution is -0.147. The van der Waals surface area contributed by atoms with E-state index in [1.54, 1.807) is 31.3 Å². The van der Waals surface area contributed by atoms with Gasteiger partial charge in [-0.1, -0.05) is 12.1 Å². The molecule has 0 aliphatic carbocycles. The second kappa shape index (κ2) is 8.43. The Labute approximate surface area is 159 Å². The van der Waals surface area contributed by atoms with Gasteiger partial charge in [-0.15, -0.1) is 0 Å². The van der Waals surface area contributed by atoms with E-state index < -0.39 is 24.3 Å². The van der Waals surface area contributed by atoms with Crippen LogP contribution in [0, 0.1) is 5.82 Å². The predicted molar refractivity (Wildman–Crippen MR) is 101 cm³/mol. The summed E-state index contributed by atoms with van der Waals surface area (Å²) in [5, 5.41) is 3.00. The SMILES string of the molecule is Cn1c(CCC(=O)OCC(=O)Nc2ccc(F)cc2)nc2ccccc2c1=O. The highest BCUT2D eigenvalue weighted by Gasteiger charge is 2.12. The largest absolute Gasteiger partial charge is 0.456 e. The molecule has 144 valence electrons. The van der Waals surface area contributed by atoms with Crippen molar-refractivity contribution >= 4 is 28.5 Å². The average Bonchev–Trinajstić information content (AvgIpc) is 2.70. The molecule has 1 aromatic heterocycles. The lowest BCUT2D eigenvalue weighted by Gasteiger charge is -2.09. The first kappa shape index (κ1) is 19.2. The number of fused-ring (bicyclic) bond motifs is 1. The molecule has 3 rings (SSSR count). The number of aromatic nitrogens is 2. The number of anilines is 1. The molecule has 8 heteroatoms. The summed E-state index contributed by atoms with van der Waals surface area (Å²) in [6.45, 7) is -0.458. The van der Waals surface area contributed by atoms with Crippen molar-refractivity contribution in [2.75, 3.05) is 11.9 Å². The smallest absolute Gasteiger partial charge is 0.306 e. The number of rotatable bonds is 6. The van der Waals surface area contributed by atoms with Crippen LogP contribution >= 0.6 is 0 Å². The number of nitrogens with one attached hydrogen (secondary N) is 1. The van der Waals surface area contributed by atoms with E-state index in [1.165, 1.54) is 28.8 Å². The highest BCUT2D eigenvalue weighted by atomic mass is 19.1. The van der Waals surface area contributed by atoms with E-state index in [4.69, 9.17) is 4.74 Å². The van der Waals surface area contributed by atoms with Gasteiger partial charge in [-0.05, 0) is 36.4 Å². The Hall–Kier alpha value is -3.55. The second-order valence-electron chi connectivity index (χ2n) is 6.13. The van der Waals surface area contributed by atoms with Gasteiger partial charge in [0.2, 0.25) is 0 Å². The average molecular weight is 383 g/mol. The molecular weight excluding hydrogens is 365 g/mol. The minimum absolute atomic E-state index is 0.0253. The Balaban J connectivity index is 1.54. The van der Waals surface area contributed by atoms with Gasteiger partial charge >= 0.3 is 5.97 Å². The Bertz CT molecular complexity index is 1080. The number of esters is 1. The van der Waals surface area contributed by atoms with Gasteiger partial charge in [-0.25, -0.2) is 9.37 Å². The van der Waals surface area contributed by atoms with Gasteiger partial charge in [0.1, 0.15) is 11.6 Å². The van der Waals surface area contributed by atoms with Gasteiger partial charge in [0, 0.05) is 19.2 Å². The standard InChI is InChI=1S/C20H18FN3O4/c1-24-17(23-16-5-3-2-4-15(16)20(24)27)10-11-19(26)28-12-18(25)22-14-8-6-13(21)7-9-14/h2-9H,10-12H2,1H3,(H,22,25). The number of nitrogens with zero attached hydrogens (tertiary/aromatic N) is 2. The molecule has 1 amide bonds. The Morgan fingerprint density at radius 1 is 1.14 bits per heavy atom. The monoisotopic (exact) mass is 383 g/mol. The van der Waals surface area contributed by atoms with Crippen LogP contribution in [-0.2, 0) is 27.8 Å². The van der Waals surface area contributed by atoms with E-state index >= 15 is 0 Å². The first-order valence-corrected chi connectivity index (χ1v) is 8.60. The number of hydrogen-bond acceptors (Lipinski definition) is 5. The molecule has 3 aromatic rings. The highest BCUT2D eigenvalue weighted by molar-refractivity contribution is 5.92. The topological polar surface area (TPSA) is 90.3 Å². The van der Waals surface area contributed by atoms with Crippen molar-refractivity contribution in [2.24, 2.45) is 7.05 Å². The first-order chi connectivity index (χ1) is 13.4. The number of aryl methyl sites for hydroxylation is 1. The Morgan fingerprint density at radius 2 is 1.86 bits per heavy atom. The van der Waals surface area contributed by atoms with Crippen LogP contribution < -0.4 is 10.9 Å². The number of amides is 1. The van der Waals surface area contributed by atoms with Crippen LogP contribution in [0.1, 0.15) is 12.2 Å². The minimum Gasteiger partial charge on any atom is -0.456 e. The number of benzene rings is 2. The molecule has 28 heavy (non-hydrogen) atoms. The zero-order valence-corrected chi connectivity index (χ0v) is 15.1. The third kappa shape index (κ3) is 4.59. The summed E-state index contributed by atoms with van der Waals surface area (Å²) in [4.78, 5) is 40.4. The third-order valence-corrected chi connectivity index (χ3v) is 4.12. The van der Waals surface area contributed by atoms with Crippen molar-refractivity contribution in [3.63, 3.8) is 0 Å². The number of carbonyl (C=O) groups excluding carboxylic acids is 2. The van der Waals surface area contributed by atoms with Gasteiger partial charge < -0.3 is 10.1 Å². The van der Waals surface area contributed by atoms with Crippen molar-refractivity contribution in [2.45, 2.75) is 12.8 Å². The van der Waals surface area contributed by atoms with Crippen molar-refractivity contribution in [1.29, 1.82) is 0 Å². The fourth-order valence-corrected chi connectivity index (χ4v) is 2.65. The molecule has 0 saturated carbocycles. The van der Waals surface area contributed by atoms with Crippen molar-refractivity contribution in [3.8, 4) is 0 Å². The minimum atomic E-state index is -0.586. The summed E-state index contributed by atoms with van der Waals surface area (Å²) in [5.74, 6) is -1.08. The summed E-state index contributed by atoms with van der Waals surface area (Å²) >= 11 is 0. The van der Waals surface area contributed by atoms with Crippen LogP contribution in [0.5, 0.6) is 0 Å². The van der Waals surface area contributed by atoms with E-state index in [9.17, 15) is 18.8 Å². The van der Waals surface area contributed by atoms with E-state index in [2.05, 4.69) is 10.3 Å². The number of hydrogen-bond donors (Lipinski definition) is 1. The number of para-hydroxylation sites is 1. The predicted octanol–water partition coefficient (Wildman–Crippen LogP) is 2.19. The molecule has 0 unspecified atom stereocenters. The molecule has 0 fully saturated rings. The molecule has 0 saturated heterocycles. The van der Waals surface area contributed by atoms with E-state index in [0.29, 0.717) is 22.4 Å². The maximum atomic E-state index is 12.8. The van der Waals surface area contributed by atoms with Gasteiger partial charge in [0.05, 0.1) is 17.3 Å². The van der Waals surface area contributed by atoms with Crippen LogP contribution in [0.15, 0.2) is 53.3 Å². The molecular formula is C20H18FN3O4. The Kier molecular flexibility index (Phi) is 5.78. The van der Waals surface area contributed by atoms with Gasteiger partial charge in [-0.2, -0.15) is 0 Å². The van der Waals surface area contributed by atoms with Crippen LogP contribution in [0.2, 0.25) is 0 Å². The van der Waals surface area contributed by atoms with Crippen molar-refractivity contribution in [1.82, 2.24) is 9.55 Å². The maximum absolute atomic E-state index is 12.8. The molecule has 1 N–H and O–H groups in total. The number of carbonyl (C=O) groups is 2. The maximum Gasteiger partial charge on any atom is 0.306 e. The Morgan fingerprint density at radius 3 is 2.61 bits per heavy atom. The van der Waals surface area contributed by atoms with E-state index in [1.807, 2.05) is 0 Å². The summed E-state index contributed by atoms with van der Waals surface area (Å²) in [6, 6.07) is 12.2. The summed E-state index contributed by atoms with van der Waals surface area (Å²) in [5.41, 5.74) is 0.776. The van der Waals surface area contributed by atoms with Crippen molar-refractivity contribution < 1.29 is 18.7 Å². The number of ether oxygens (including phenoxy) is 1. The van der Waals surface area contributed by atoms with Gasteiger partial charge in [-0.3, -0.25) is 19.0 Å². The molecule has 7 nitrogen and oxygen atoms in total. The normalized spacial score (nSPS) is 10.6. The highest BCUT2D eigenvalue weighted by Crippen LogP contribution is 2.09. The fraction of sp³-hybridized carbons (Fsp3) is 0.200. The zero-order valence-electron chi connectivity index (χ0n) is 15.1. The third-order valence-electron chi connectivity index (χ3n) is 4.12. The lowest BCUT2D eigenvalue weighted by Crippen LogP contribution is -2.24. The van der Waals surface area contributed by atoms with Crippen LogP contribution in [0.25, 0.3) is 10.9 Å². The molecule has 0 aliphatic rings. The van der Waals surface area contributed by atoms with Crippen LogP contribution in [0.4, 0.5) is 10.1 Å². The van der Waals surface area contributed by atoms with Crippen LogP contribution in [0.3, 0.4) is 0 Å². The quantitative estimate of drug-likeness (QED) is 0.659. The molecule has 1 heterocycles. The van der Waals surface area contributed by atoms with E-state index in [0.717, 1.165) is 0 Å². The molecule has 0 bridgehead atoms. The summed E-state index contributed by atoms with van der Waals surface area (Å²) in [6.07, 6.45) is 0.178. The molecule has 0 aliphatic heterocycles. The second-order valence-corrected chi connectivity index (χ2v) is 6.13. The lowest BCUT2D eigenvalue weighted by atomic mass is 10.2. The van der Waals surface area contributed by atoms with Crippen LogP contribution in [-0.4, -0.2) is 28.0 Å². The first-order valence-electron chi connectivity index (χ1n) is 8.60. The molecule has 0 atom stereocenters. The zero-order chi connectivity index (χ0) is 20.1. The van der Waals surface area contributed by atoms with Gasteiger partial charge in [0.25, 0.3) is 11.5 Å². The van der Waals surface area contributed by atoms with E-state index in [-0.39, 0.29) is 18.4 Å². The van der Waals surface area contributed by atoms with Crippen molar-refractivity contribution in [3.05, 3.63) is 70.5 Å². The molecule has 0 spiro atoms.